The van der Waals surface area contributed by atoms with Gasteiger partial charge >= 0.3 is 0 Å². The number of para-hydroxylation sites is 2. The van der Waals surface area contributed by atoms with E-state index in [0.717, 1.165) is 22.4 Å². The zero-order chi connectivity index (χ0) is 16.7. The number of anilines is 2. The minimum Gasteiger partial charge on any atom is -0.398 e. The second-order valence-electron chi connectivity index (χ2n) is 6.08. The number of benzene rings is 3. The molecule has 3 aromatic rings. The van der Waals surface area contributed by atoms with Gasteiger partial charge in [-0.25, -0.2) is 0 Å². The van der Waals surface area contributed by atoms with Crippen molar-refractivity contribution in [3.63, 3.8) is 0 Å². The van der Waals surface area contributed by atoms with Gasteiger partial charge < -0.3 is 10.6 Å². The topological polar surface area (TPSA) is 46.3 Å². The molecule has 118 valence electrons. The quantitative estimate of drug-likeness (QED) is 0.735. The third kappa shape index (κ3) is 1.75. The van der Waals surface area contributed by atoms with Crippen molar-refractivity contribution in [3.05, 3.63) is 95.6 Å². The van der Waals surface area contributed by atoms with E-state index in [1.54, 1.807) is 4.90 Å². The molecular weight excluding hydrogens is 296 g/mol. The molecule has 1 atom stereocenters. The number of hydrogen-bond donors (Lipinski definition) is 1. The van der Waals surface area contributed by atoms with Crippen molar-refractivity contribution in [1.29, 1.82) is 0 Å². The van der Waals surface area contributed by atoms with E-state index in [4.69, 9.17) is 5.73 Å². The highest BCUT2D eigenvalue weighted by Crippen LogP contribution is 2.50. The summed E-state index contributed by atoms with van der Waals surface area (Å²) in [6, 6.07) is 25.5. The van der Waals surface area contributed by atoms with Crippen LogP contribution in [0.15, 0.2) is 78.9 Å². The molecule has 3 aromatic carbocycles. The average molecular weight is 314 g/mol. The van der Waals surface area contributed by atoms with Crippen LogP contribution in [0.3, 0.4) is 0 Å². The number of carbonyl (C=O) groups is 1. The minimum atomic E-state index is -0.905. The van der Waals surface area contributed by atoms with Gasteiger partial charge in [0.05, 0.1) is 0 Å². The van der Waals surface area contributed by atoms with Gasteiger partial charge in [0, 0.05) is 24.0 Å². The van der Waals surface area contributed by atoms with Gasteiger partial charge in [0.15, 0.2) is 0 Å². The Hall–Kier alpha value is -3.07. The number of fused-ring (bicyclic) bond motifs is 1. The van der Waals surface area contributed by atoms with Crippen LogP contribution in [0.2, 0.25) is 0 Å². The molecule has 0 saturated heterocycles. The van der Waals surface area contributed by atoms with E-state index in [2.05, 4.69) is 0 Å². The van der Waals surface area contributed by atoms with E-state index in [1.165, 1.54) is 0 Å². The monoisotopic (exact) mass is 314 g/mol. The standard InChI is InChI=1S/C21H18N2O/c1-23-19-14-8-6-12-17(19)21(20(23)24,15-9-3-2-4-10-15)16-11-5-7-13-18(16)22/h2-14H,22H2,1H3. The molecule has 0 bridgehead atoms. The number of carbonyl (C=O) groups excluding carboxylic acids is 1. The first-order chi connectivity index (χ1) is 11.7. The van der Waals surface area contributed by atoms with E-state index in [1.807, 2.05) is 85.9 Å². The Balaban J connectivity index is 2.15. The van der Waals surface area contributed by atoms with Crippen molar-refractivity contribution >= 4 is 17.3 Å². The van der Waals surface area contributed by atoms with Crippen LogP contribution in [0, 0.1) is 0 Å². The number of hydrogen-bond acceptors (Lipinski definition) is 2. The summed E-state index contributed by atoms with van der Waals surface area (Å²) in [5, 5.41) is 0. The number of rotatable bonds is 2. The maximum absolute atomic E-state index is 13.5. The first-order valence-electron chi connectivity index (χ1n) is 7.95. The van der Waals surface area contributed by atoms with Crippen LogP contribution in [0.25, 0.3) is 0 Å². The van der Waals surface area contributed by atoms with Crippen molar-refractivity contribution in [2.75, 3.05) is 17.7 Å². The summed E-state index contributed by atoms with van der Waals surface area (Å²) in [5.41, 5.74) is 9.70. The fourth-order valence-corrected chi connectivity index (χ4v) is 3.78. The average Bonchev–Trinajstić information content (AvgIpc) is 2.86. The van der Waals surface area contributed by atoms with Crippen LogP contribution in [-0.2, 0) is 10.2 Å². The van der Waals surface area contributed by atoms with Gasteiger partial charge in [0.25, 0.3) is 0 Å². The van der Waals surface area contributed by atoms with E-state index in [0.29, 0.717) is 5.69 Å². The van der Waals surface area contributed by atoms with Crippen LogP contribution < -0.4 is 10.6 Å². The van der Waals surface area contributed by atoms with Crippen LogP contribution in [0.1, 0.15) is 16.7 Å². The summed E-state index contributed by atoms with van der Waals surface area (Å²) in [5.74, 6) is 0.0211. The molecule has 1 unspecified atom stereocenters. The molecule has 3 nitrogen and oxygen atoms in total. The third-order valence-electron chi connectivity index (χ3n) is 4.87. The van der Waals surface area contributed by atoms with Crippen LogP contribution in [0.5, 0.6) is 0 Å². The van der Waals surface area contributed by atoms with E-state index in [-0.39, 0.29) is 5.91 Å². The second kappa shape index (κ2) is 5.24. The Morgan fingerprint density at radius 2 is 1.38 bits per heavy atom. The molecule has 24 heavy (non-hydrogen) atoms. The Bertz CT molecular complexity index is 920. The summed E-state index contributed by atoms with van der Waals surface area (Å²) >= 11 is 0. The molecular formula is C21H18N2O. The van der Waals surface area contributed by atoms with Gasteiger partial charge in [-0.2, -0.15) is 0 Å². The van der Waals surface area contributed by atoms with Crippen LogP contribution >= 0.6 is 0 Å². The first kappa shape index (κ1) is 14.5. The second-order valence-corrected chi connectivity index (χ2v) is 6.08. The smallest absolute Gasteiger partial charge is 0.246 e. The molecule has 2 N–H and O–H groups in total. The Kier molecular flexibility index (Phi) is 3.17. The van der Waals surface area contributed by atoms with Crippen LogP contribution in [0.4, 0.5) is 11.4 Å². The lowest BCUT2D eigenvalue weighted by Gasteiger charge is -2.30. The minimum absolute atomic E-state index is 0.0211. The molecule has 0 saturated carbocycles. The lowest BCUT2D eigenvalue weighted by atomic mass is 9.69. The Morgan fingerprint density at radius 3 is 2.08 bits per heavy atom. The molecule has 0 radical (unpaired) electrons. The number of nitrogens with zero attached hydrogens (tertiary/aromatic N) is 1. The van der Waals surface area contributed by atoms with Gasteiger partial charge in [-0.05, 0) is 23.3 Å². The highest BCUT2D eigenvalue weighted by atomic mass is 16.2. The Labute approximate surface area is 141 Å². The maximum Gasteiger partial charge on any atom is 0.246 e. The van der Waals surface area contributed by atoms with E-state index >= 15 is 0 Å². The van der Waals surface area contributed by atoms with Crippen LogP contribution in [-0.4, -0.2) is 13.0 Å². The van der Waals surface area contributed by atoms with Crippen molar-refractivity contribution < 1.29 is 4.79 Å². The molecule has 0 aromatic heterocycles. The molecule has 1 heterocycles. The molecule has 1 aliphatic rings. The molecule has 3 heteroatoms. The highest BCUT2D eigenvalue weighted by molar-refractivity contribution is 6.13. The van der Waals surface area contributed by atoms with E-state index in [9.17, 15) is 4.79 Å². The van der Waals surface area contributed by atoms with Crippen molar-refractivity contribution in [2.24, 2.45) is 0 Å². The fourth-order valence-electron chi connectivity index (χ4n) is 3.78. The zero-order valence-corrected chi connectivity index (χ0v) is 13.4. The summed E-state index contributed by atoms with van der Waals surface area (Å²) < 4.78 is 0. The van der Waals surface area contributed by atoms with Crippen molar-refractivity contribution in [2.45, 2.75) is 5.41 Å². The molecule has 0 spiro atoms. The summed E-state index contributed by atoms with van der Waals surface area (Å²) in [6.45, 7) is 0. The van der Waals surface area contributed by atoms with Gasteiger partial charge in [-0.1, -0.05) is 66.7 Å². The summed E-state index contributed by atoms with van der Waals surface area (Å²) in [7, 11) is 1.82. The fraction of sp³-hybridized carbons (Fsp3) is 0.0952. The zero-order valence-electron chi connectivity index (χ0n) is 13.4. The van der Waals surface area contributed by atoms with Gasteiger partial charge in [0.1, 0.15) is 5.41 Å². The van der Waals surface area contributed by atoms with Gasteiger partial charge in [0.2, 0.25) is 5.91 Å². The maximum atomic E-state index is 13.5. The first-order valence-corrected chi connectivity index (χ1v) is 7.95. The van der Waals surface area contributed by atoms with Crippen molar-refractivity contribution in [1.82, 2.24) is 0 Å². The molecule has 4 rings (SSSR count). The number of nitrogens with two attached hydrogens (primary N) is 1. The number of nitrogen functional groups attached to an aromatic ring is 1. The number of likely N-dealkylation sites (N-methyl/N-ethyl adjacent to an activating group) is 1. The lowest BCUT2D eigenvalue weighted by Crippen LogP contribution is -2.41. The van der Waals surface area contributed by atoms with Crippen molar-refractivity contribution in [3.8, 4) is 0 Å². The molecule has 1 aliphatic heterocycles. The summed E-state index contributed by atoms with van der Waals surface area (Å²) in [4.78, 5) is 15.2. The Morgan fingerprint density at radius 1 is 0.792 bits per heavy atom. The molecule has 1 amide bonds. The van der Waals surface area contributed by atoms with E-state index < -0.39 is 5.41 Å². The predicted molar refractivity (Wildman–Crippen MR) is 97.0 cm³/mol. The summed E-state index contributed by atoms with van der Waals surface area (Å²) in [6.07, 6.45) is 0. The highest BCUT2D eigenvalue weighted by Gasteiger charge is 2.52. The normalized spacial score (nSPS) is 19.4. The number of amides is 1. The SMILES string of the molecule is CN1C(=O)C(c2ccccc2)(c2ccccc2N)c2ccccc21. The molecule has 0 fully saturated rings. The predicted octanol–water partition coefficient (Wildman–Crippen LogP) is 3.58. The largest absolute Gasteiger partial charge is 0.398 e. The molecule has 0 aliphatic carbocycles. The lowest BCUT2D eigenvalue weighted by molar-refractivity contribution is -0.120. The van der Waals surface area contributed by atoms with Gasteiger partial charge in [-0.3, -0.25) is 4.79 Å². The third-order valence-corrected chi connectivity index (χ3v) is 4.87. The van der Waals surface area contributed by atoms with Gasteiger partial charge in [-0.15, -0.1) is 0 Å².